The number of hydrogen-bond donors (Lipinski definition) is 1. The van der Waals surface area contributed by atoms with Gasteiger partial charge >= 0.3 is 0 Å². The van der Waals surface area contributed by atoms with E-state index >= 15 is 0 Å². The summed E-state index contributed by atoms with van der Waals surface area (Å²) < 4.78 is 0.758. The van der Waals surface area contributed by atoms with Gasteiger partial charge in [0.05, 0.1) is 6.42 Å². The fraction of sp³-hybridized carbons (Fsp3) is 0.692. The topological polar surface area (TPSA) is 36.1 Å². The molecule has 1 aromatic heterocycles. The number of rotatable bonds is 4. The van der Waals surface area contributed by atoms with Crippen LogP contribution < -0.4 is 0 Å². The lowest BCUT2D eigenvalue weighted by Crippen LogP contribution is -2.32. The number of likely N-dealkylation sites (N-methyl/N-ethyl adjacent to an activating group) is 1. The van der Waals surface area contributed by atoms with E-state index in [4.69, 9.17) is 12.2 Å². The Labute approximate surface area is 117 Å². The molecule has 0 radical (unpaired) electrons. The van der Waals surface area contributed by atoms with E-state index in [0.717, 1.165) is 21.1 Å². The minimum atomic E-state index is 0.204. The van der Waals surface area contributed by atoms with Crippen LogP contribution in [0, 0.1) is 16.8 Å². The Balaban J connectivity index is 1.90. The third-order valence-electron chi connectivity index (χ3n) is 3.67. The van der Waals surface area contributed by atoms with Crippen molar-refractivity contribution in [3.05, 3.63) is 14.5 Å². The predicted octanol–water partition coefficient (Wildman–Crippen LogP) is 3.31. The van der Waals surface area contributed by atoms with Crippen LogP contribution in [-0.4, -0.2) is 29.4 Å². The molecular formula is C13H20N2OS2. The molecule has 1 fully saturated rings. The SMILES string of the molecule is Cc1[nH]c(=S)sc1CC(=O)N(C)CC1CCCC1. The van der Waals surface area contributed by atoms with Crippen LogP contribution in [0.1, 0.15) is 36.3 Å². The molecule has 2 rings (SSSR count). The lowest BCUT2D eigenvalue weighted by atomic mass is 10.1. The molecule has 100 valence electrons. The van der Waals surface area contributed by atoms with Crippen molar-refractivity contribution in [3.63, 3.8) is 0 Å². The van der Waals surface area contributed by atoms with Gasteiger partial charge < -0.3 is 9.88 Å². The van der Waals surface area contributed by atoms with Crippen molar-refractivity contribution in [3.8, 4) is 0 Å². The molecule has 1 aromatic rings. The molecule has 1 aliphatic rings. The molecule has 1 amide bonds. The molecule has 0 saturated heterocycles. The van der Waals surface area contributed by atoms with Crippen LogP contribution >= 0.6 is 23.6 Å². The zero-order valence-corrected chi connectivity index (χ0v) is 12.6. The Kier molecular flexibility index (Phi) is 4.56. The van der Waals surface area contributed by atoms with Crippen molar-refractivity contribution < 1.29 is 4.79 Å². The van der Waals surface area contributed by atoms with Crippen LogP contribution in [-0.2, 0) is 11.2 Å². The summed E-state index contributed by atoms with van der Waals surface area (Å²) in [4.78, 5) is 18.2. The van der Waals surface area contributed by atoms with Gasteiger partial charge in [0, 0.05) is 24.2 Å². The molecule has 0 bridgehead atoms. The van der Waals surface area contributed by atoms with Gasteiger partial charge in [-0.05, 0) is 37.9 Å². The number of aromatic nitrogens is 1. The molecule has 0 atom stereocenters. The first-order valence-corrected chi connectivity index (χ1v) is 7.71. The second kappa shape index (κ2) is 5.97. The van der Waals surface area contributed by atoms with E-state index in [2.05, 4.69) is 4.98 Å². The van der Waals surface area contributed by atoms with Gasteiger partial charge in [-0.2, -0.15) is 0 Å². The molecule has 1 N–H and O–H groups in total. The molecule has 1 aliphatic carbocycles. The van der Waals surface area contributed by atoms with E-state index in [0.29, 0.717) is 12.3 Å². The fourth-order valence-electron chi connectivity index (χ4n) is 2.56. The highest BCUT2D eigenvalue weighted by atomic mass is 32.1. The summed E-state index contributed by atoms with van der Waals surface area (Å²) >= 11 is 6.61. The van der Waals surface area contributed by atoms with Crippen molar-refractivity contribution >= 4 is 29.5 Å². The molecule has 0 aromatic carbocycles. The number of aromatic amines is 1. The predicted molar refractivity (Wildman–Crippen MR) is 77.5 cm³/mol. The maximum atomic E-state index is 12.1. The standard InChI is InChI=1S/C13H20N2OS2/c1-9-11(18-13(17)14-9)7-12(16)15(2)8-10-5-3-4-6-10/h10H,3-8H2,1-2H3,(H,14,17). The number of amides is 1. The molecule has 1 saturated carbocycles. The number of thiazole rings is 1. The molecular weight excluding hydrogens is 264 g/mol. The highest BCUT2D eigenvalue weighted by molar-refractivity contribution is 7.73. The van der Waals surface area contributed by atoms with Crippen molar-refractivity contribution in [2.75, 3.05) is 13.6 Å². The lowest BCUT2D eigenvalue weighted by Gasteiger charge is -2.20. The van der Waals surface area contributed by atoms with Gasteiger partial charge in [0.25, 0.3) is 0 Å². The normalized spacial score (nSPS) is 16.1. The van der Waals surface area contributed by atoms with E-state index in [1.165, 1.54) is 37.0 Å². The third kappa shape index (κ3) is 3.42. The zero-order valence-electron chi connectivity index (χ0n) is 11.0. The van der Waals surface area contributed by atoms with Crippen LogP contribution in [0.25, 0.3) is 0 Å². The highest BCUT2D eigenvalue weighted by Gasteiger charge is 2.20. The Bertz CT molecular complexity index is 472. The van der Waals surface area contributed by atoms with Crippen LogP contribution in [0.4, 0.5) is 0 Å². The van der Waals surface area contributed by atoms with E-state index < -0.39 is 0 Å². The first-order valence-electron chi connectivity index (χ1n) is 6.49. The van der Waals surface area contributed by atoms with Crippen molar-refractivity contribution in [1.29, 1.82) is 0 Å². The summed E-state index contributed by atoms with van der Waals surface area (Å²) in [7, 11) is 1.92. The van der Waals surface area contributed by atoms with Crippen LogP contribution in [0.2, 0.25) is 0 Å². The smallest absolute Gasteiger partial charge is 0.227 e. The number of carbonyl (C=O) groups is 1. The Morgan fingerprint density at radius 1 is 1.50 bits per heavy atom. The number of H-pyrrole nitrogens is 1. The maximum absolute atomic E-state index is 12.1. The van der Waals surface area contributed by atoms with Gasteiger partial charge in [0.2, 0.25) is 5.91 Å². The first kappa shape index (κ1) is 13.7. The molecule has 0 unspecified atom stereocenters. The molecule has 1 heterocycles. The highest BCUT2D eigenvalue weighted by Crippen LogP contribution is 2.25. The summed E-state index contributed by atoms with van der Waals surface area (Å²) in [5, 5.41) is 0. The van der Waals surface area contributed by atoms with E-state index in [1.807, 2.05) is 18.9 Å². The van der Waals surface area contributed by atoms with Crippen LogP contribution in [0.3, 0.4) is 0 Å². The minimum absolute atomic E-state index is 0.204. The Morgan fingerprint density at radius 2 is 2.17 bits per heavy atom. The zero-order chi connectivity index (χ0) is 13.1. The molecule has 3 nitrogen and oxygen atoms in total. The van der Waals surface area contributed by atoms with Crippen molar-refractivity contribution in [2.24, 2.45) is 5.92 Å². The largest absolute Gasteiger partial charge is 0.345 e. The van der Waals surface area contributed by atoms with E-state index in [9.17, 15) is 4.79 Å². The molecule has 0 aliphatic heterocycles. The van der Waals surface area contributed by atoms with Gasteiger partial charge in [-0.25, -0.2) is 0 Å². The summed E-state index contributed by atoms with van der Waals surface area (Å²) in [6.07, 6.45) is 5.68. The summed E-state index contributed by atoms with van der Waals surface area (Å²) in [5.41, 5.74) is 1.03. The fourth-order valence-corrected chi connectivity index (χ4v) is 3.84. The van der Waals surface area contributed by atoms with Crippen molar-refractivity contribution in [2.45, 2.75) is 39.0 Å². The summed E-state index contributed by atoms with van der Waals surface area (Å²) in [5.74, 6) is 0.916. The van der Waals surface area contributed by atoms with E-state index in [-0.39, 0.29) is 5.91 Å². The Hall–Kier alpha value is -0.680. The number of carbonyl (C=O) groups excluding carboxylic acids is 1. The Morgan fingerprint density at radius 3 is 2.72 bits per heavy atom. The summed E-state index contributed by atoms with van der Waals surface area (Å²) in [6.45, 7) is 2.89. The first-order chi connectivity index (χ1) is 8.56. The van der Waals surface area contributed by atoms with Gasteiger partial charge in [-0.15, -0.1) is 11.3 Å². The molecule has 0 spiro atoms. The monoisotopic (exact) mass is 284 g/mol. The second-order valence-corrected chi connectivity index (χ2v) is 6.94. The second-order valence-electron chi connectivity index (χ2n) is 5.16. The number of nitrogens with one attached hydrogen (secondary N) is 1. The third-order valence-corrected chi connectivity index (χ3v) is 5.00. The van der Waals surface area contributed by atoms with Gasteiger partial charge in [-0.1, -0.05) is 12.8 Å². The van der Waals surface area contributed by atoms with Gasteiger partial charge in [0.1, 0.15) is 0 Å². The van der Waals surface area contributed by atoms with Crippen LogP contribution in [0.15, 0.2) is 0 Å². The average molecular weight is 284 g/mol. The van der Waals surface area contributed by atoms with Crippen molar-refractivity contribution in [1.82, 2.24) is 9.88 Å². The quantitative estimate of drug-likeness (QED) is 0.861. The van der Waals surface area contributed by atoms with E-state index in [1.54, 1.807) is 0 Å². The van der Waals surface area contributed by atoms with Gasteiger partial charge in [0.15, 0.2) is 3.95 Å². The average Bonchev–Trinajstić information content (AvgIpc) is 2.89. The van der Waals surface area contributed by atoms with Crippen LogP contribution in [0.5, 0.6) is 0 Å². The minimum Gasteiger partial charge on any atom is -0.345 e. The van der Waals surface area contributed by atoms with Gasteiger partial charge in [-0.3, -0.25) is 4.79 Å². The lowest BCUT2D eigenvalue weighted by molar-refractivity contribution is -0.129. The number of hydrogen-bond acceptors (Lipinski definition) is 3. The number of nitrogens with zero attached hydrogens (tertiary/aromatic N) is 1. The maximum Gasteiger partial charge on any atom is 0.227 e. The molecule has 18 heavy (non-hydrogen) atoms. The summed E-state index contributed by atoms with van der Waals surface area (Å²) in [6, 6.07) is 0. The molecule has 5 heteroatoms. The number of aryl methyl sites for hydroxylation is 1.